The van der Waals surface area contributed by atoms with Crippen LogP contribution in [0, 0.1) is 5.92 Å². The number of benzene rings is 2. The van der Waals surface area contributed by atoms with Gasteiger partial charge in [-0.1, -0.05) is 55.4 Å². The van der Waals surface area contributed by atoms with E-state index in [1.54, 1.807) is 18.2 Å². The molecule has 0 atom stereocenters. The summed E-state index contributed by atoms with van der Waals surface area (Å²) >= 11 is 7.55. The Hall–Kier alpha value is -2.84. The van der Waals surface area contributed by atoms with Gasteiger partial charge in [-0.15, -0.1) is 10.2 Å². The molecule has 166 valence electrons. The van der Waals surface area contributed by atoms with Crippen molar-refractivity contribution in [2.45, 2.75) is 44.3 Å². The van der Waals surface area contributed by atoms with Crippen LogP contribution in [0.5, 0.6) is 5.75 Å². The second-order valence-corrected chi connectivity index (χ2v) is 9.18. The van der Waals surface area contributed by atoms with E-state index < -0.39 is 0 Å². The van der Waals surface area contributed by atoms with Crippen LogP contribution in [-0.4, -0.2) is 24.7 Å². The number of thioether (sulfide) groups is 1. The maximum atomic E-state index is 12.4. The zero-order valence-electron chi connectivity index (χ0n) is 17.9. The molecule has 4 aromatic rings. The van der Waals surface area contributed by atoms with Crippen LogP contribution in [0.4, 0.5) is 0 Å². The minimum Gasteiger partial charge on any atom is -0.486 e. The molecule has 7 nitrogen and oxygen atoms in total. The lowest BCUT2D eigenvalue weighted by molar-refractivity contribution is 0.285. The van der Waals surface area contributed by atoms with Crippen molar-refractivity contribution in [3.8, 4) is 5.75 Å². The molecule has 0 aliphatic heterocycles. The normalized spacial score (nSPS) is 11.4. The molecule has 0 amide bonds. The molecular formula is C23H24ClN5O2S. The molecule has 2 heterocycles. The van der Waals surface area contributed by atoms with Crippen LogP contribution in [-0.2, 0) is 18.9 Å². The van der Waals surface area contributed by atoms with Crippen LogP contribution in [0.25, 0.3) is 10.9 Å². The molecule has 0 aliphatic rings. The maximum Gasteiger partial charge on any atom is 0.258 e. The summed E-state index contributed by atoms with van der Waals surface area (Å²) in [6, 6.07) is 14.7. The zero-order valence-corrected chi connectivity index (χ0v) is 19.5. The van der Waals surface area contributed by atoms with Crippen molar-refractivity contribution in [1.29, 1.82) is 0 Å². The van der Waals surface area contributed by atoms with Crippen molar-refractivity contribution in [3.05, 3.63) is 75.6 Å². The number of aromatic amines is 1. The summed E-state index contributed by atoms with van der Waals surface area (Å²) in [5.41, 5.74) is 0.399. The number of nitrogens with zero attached hydrogens (tertiary/aromatic N) is 4. The van der Waals surface area contributed by atoms with Gasteiger partial charge < -0.3 is 14.3 Å². The number of halogens is 1. The quantitative estimate of drug-likeness (QED) is 0.344. The highest BCUT2D eigenvalue weighted by Gasteiger charge is 2.15. The van der Waals surface area contributed by atoms with E-state index >= 15 is 0 Å². The van der Waals surface area contributed by atoms with E-state index in [0.29, 0.717) is 40.0 Å². The topological polar surface area (TPSA) is 85.7 Å². The van der Waals surface area contributed by atoms with Gasteiger partial charge >= 0.3 is 0 Å². The summed E-state index contributed by atoms with van der Waals surface area (Å²) in [6.45, 7) is 5.50. The Labute approximate surface area is 195 Å². The lowest BCUT2D eigenvalue weighted by Crippen LogP contribution is -2.12. The smallest absolute Gasteiger partial charge is 0.258 e. The highest BCUT2D eigenvalue weighted by Crippen LogP contribution is 2.23. The molecule has 2 aromatic carbocycles. The number of aromatic nitrogens is 5. The molecule has 4 rings (SSSR count). The first kappa shape index (κ1) is 22.4. The molecule has 0 saturated heterocycles. The highest BCUT2D eigenvalue weighted by molar-refractivity contribution is 7.98. The Kier molecular flexibility index (Phi) is 7.12. The van der Waals surface area contributed by atoms with Crippen molar-refractivity contribution in [3.63, 3.8) is 0 Å². The molecule has 2 aromatic heterocycles. The van der Waals surface area contributed by atoms with Gasteiger partial charge in [0, 0.05) is 11.6 Å². The lowest BCUT2D eigenvalue weighted by atomic mass is 10.1. The van der Waals surface area contributed by atoms with E-state index in [4.69, 9.17) is 16.3 Å². The first-order chi connectivity index (χ1) is 15.5. The first-order valence-electron chi connectivity index (χ1n) is 10.4. The van der Waals surface area contributed by atoms with Gasteiger partial charge in [0.1, 0.15) is 18.2 Å². The molecule has 0 radical (unpaired) electrons. The van der Waals surface area contributed by atoms with E-state index in [1.807, 2.05) is 30.3 Å². The van der Waals surface area contributed by atoms with Gasteiger partial charge in [-0.05, 0) is 42.7 Å². The van der Waals surface area contributed by atoms with Crippen molar-refractivity contribution in [2.24, 2.45) is 5.92 Å². The molecule has 0 aliphatic carbocycles. The molecule has 32 heavy (non-hydrogen) atoms. The number of nitrogens with one attached hydrogen (secondary N) is 1. The van der Waals surface area contributed by atoms with Gasteiger partial charge in [-0.3, -0.25) is 4.79 Å². The molecule has 0 saturated carbocycles. The van der Waals surface area contributed by atoms with Gasteiger partial charge in [0.15, 0.2) is 11.0 Å². The van der Waals surface area contributed by atoms with E-state index in [1.165, 1.54) is 11.8 Å². The van der Waals surface area contributed by atoms with Crippen LogP contribution in [0.3, 0.4) is 0 Å². The molecular weight excluding hydrogens is 446 g/mol. The fourth-order valence-electron chi connectivity index (χ4n) is 3.17. The van der Waals surface area contributed by atoms with Crippen LogP contribution < -0.4 is 10.3 Å². The van der Waals surface area contributed by atoms with Gasteiger partial charge in [-0.25, -0.2) is 4.98 Å². The number of hydrogen-bond donors (Lipinski definition) is 1. The van der Waals surface area contributed by atoms with Crippen molar-refractivity contribution in [2.75, 3.05) is 0 Å². The molecule has 0 bridgehead atoms. The number of fused-ring (bicyclic) bond motifs is 1. The Balaban J connectivity index is 1.52. The van der Waals surface area contributed by atoms with E-state index in [2.05, 4.69) is 38.6 Å². The molecule has 0 fully saturated rings. The van der Waals surface area contributed by atoms with Crippen LogP contribution >= 0.6 is 23.4 Å². The number of rotatable bonds is 9. The third kappa shape index (κ3) is 5.49. The van der Waals surface area contributed by atoms with Crippen LogP contribution in [0.15, 0.2) is 58.5 Å². The fraction of sp³-hybridized carbons (Fsp3) is 0.304. The average molecular weight is 470 g/mol. The summed E-state index contributed by atoms with van der Waals surface area (Å²) in [5.74, 6) is 3.12. The summed E-state index contributed by atoms with van der Waals surface area (Å²) in [6.07, 6.45) is 0.994. The largest absolute Gasteiger partial charge is 0.486 e. The Bertz CT molecular complexity index is 1260. The monoisotopic (exact) mass is 469 g/mol. The number of ether oxygens (including phenoxy) is 1. The minimum atomic E-state index is -0.180. The van der Waals surface area contributed by atoms with Gasteiger partial charge in [0.25, 0.3) is 5.56 Å². The third-order valence-corrected chi connectivity index (χ3v) is 6.10. The number of hydrogen-bond acceptors (Lipinski definition) is 6. The third-order valence-electron chi connectivity index (χ3n) is 4.89. The van der Waals surface area contributed by atoms with Gasteiger partial charge in [0.05, 0.1) is 16.7 Å². The standard InChI is InChI=1S/C23H24ClN5O2S/c1-15(2)10-11-29-21(13-31-17-6-4-3-5-7-17)27-28-23(29)32-14-20-25-19-12-16(24)8-9-18(19)22(30)26-20/h3-9,12,15H,10-11,13-14H2,1-2H3,(H,25,26,30). The minimum absolute atomic E-state index is 0.180. The van der Waals surface area contributed by atoms with Crippen LogP contribution in [0.1, 0.15) is 31.9 Å². The summed E-state index contributed by atoms with van der Waals surface area (Å²) in [4.78, 5) is 19.8. The second kappa shape index (κ2) is 10.2. The van der Waals surface area contributed by atoms with Crippen LogP contribution in [0.2, 0.25) is 5.02 Å². The van der Waals surface area contributed by atoms with E-state index in [-0.39, 0.29) is 5.56 Å². The number of H-pyrrole nitrogens is 1. The van der Waals surface area contributed by atoms with Crippen molar-refractivity contribution < 1.29 is 4.74 Å². The predicted molar refractivity (Wildman–Crippen MR) is 127 cm³/mol. The van der Waals surface area contributed by atoms with E-state index in [9.17, 15) is 4.79 Å². The van der Waals surface area contributed by atoms with Crippen molar-refractivity contribution in [1.82, 2.24) is 24.7 Å². The maximum absolute atomic E-state index is 12.4. The summed E-state index contributed by atoms with van der Waals surface area (Å²) in [7, 11) is 0. The van der Waals surface area contributed by atoms with Crippen molar-refractivity contribution >= 4 is 34.3 Å². The Morgan fingerprint density at radius 3 is 2.75 bits per heavy atom. The SMILES string of the molecule is CC(C)CCn1c(COc2ccccc2)nnc1SCc1nc2cc(Cl)ccc2c(=O)[nH]1. The summed E-state index contributed by atoms with van der Waals surface area (Å²) in [5, 5.41) is 10.6. The fourth-order valence-corrected chi connectivity index (χ4v) is 4.19. The predicted octanol–water partition coefficient (Wildman–Crippen LogP) is 5.09. The summed E-state index contributed by atoms with van der Waals surface area (Å²) < 4.78 is 7.97. The van der Waals surface area contributed by atoms with Gasteiger partial charge in [-0.2, -0.15) is 0 Å². The first-order valence-corrected chi connectivity index (χ1v) is 11.8. The molecule has 0 unspecified atom stereocenters. The molecule has 0 spiro atoms. The van der Waals surface area contributed by atoms with E-state index in [0.717, 1.165) is 29.7 Å². The Morgan fingerprint density at radius 1 is 1.16 bits per heavy atom. The zero-order chi connectivity index (χ0) is 22.5. The number of para-hydroxylation sites is 1. The molecule has 1 N–H and O–H groups in total. The lowest BCUT2D eigenvalue weighted by Gasteiger charge is -2.12. The Morgan fingerprint density at radius 2 is 1.97 bits per heavy atom. The molecule has 9 heteroatoms. The average Bonchev–Trinajstić information content (AvgIpc) is 3.17. The second-order valence-electron chi connectivity index (χ2n) is 7.80. The van der Waals surface area contributed by atoms with Gasteiger partial charge in [0.2, 0.25) is 0 Å². The highest BCUT2D eigenvalue weighted by atomic mass is 35.5.